The van der Waals surface area contributed by atoms with Gasteiger partial charge < -0.3 is 15.2 Å². The summed E-state index contributed by atoms with van der Waals surface area (Å²) in [7, 11) is -7.81. The number of alkyl halides is 7. The molecule has 1 heterocycles. The molecule has 4 aromatic rings. The van der Waals surface area contributed by atoms with E-state index in [1.54, 1.807) is 0 Å². The average Bonchev–Trinajstić information content (AvgIpc) is 2.92. The molecule has 0 aromatic heterocycles. The molecule has 4 aromatic carbocycles. The number of ether oxygens (including phenoxy) is 2. The van der Waals surface area contributed by atoms with E-state index in [2.05, 4.69) is 18.9 Å². The van der Waals surface area contributed by atoms with Crippen molar-refractivity contribution in [1.29, 1.82) is 0 Å². The van der Waals surface area contributed by atoms with Crippen molar-refractivity contribution in [2.45, 2.75) is 18.4 Å². The van der Waals surface area contributed by atoms with Gasteiger partial charge >= 0.3 is 18.4 Å². The number of nitrogen functional groups attached to an aromatic ring is 1. The molecule has 1 aliphatic heterocycles. The third-order valence-electron chi connectivity index (χ3n) is 6.07. The molecule has 0 aliphatic carbocycles. The Kier molecular flexibility index (Phi) is 9.28. The summed E-state index contributed by atoms with van der Waals surface area (Å²) in [6.45, 7) is 0. The molecule has 8 N–H and O–H groups in total. The summed E-state index contributed by atoms with van der Waals surface area (Å²) < 4.78 is 146. The van der Waals surface area contributed by atoms with E-state index in [9.17, 15) is 47.6 Å². The smallest absolute Gasteiger partial charge is 0.421 e. The van der Waals surface area contributed by atoms with Crippen molar-refractivity contribution in [3.63, 3.8) is 0 Å². The second-order valence-corrected chi connectivity index (χ2v) is 12.2. The number of hydrogen-bond donors (Lipinski definition) is 5. The van der Waals surface area contributed by atoms with Gasteiger partial charge in [0.2, 0.25) is 0 Å². The molecule has 1 aliphatic rings. The third kappa shape index (κ3) is 8.93. The van der Waals surface area contributed by atoms with Gasteiger partial charge in [-0.3, -0.25) is 9.44 Å². The van der Waals surface area contributed by atoms with Crippen molar-refractivity contribution in [3.05, 3.63) is 90.5 Å². The average molecular weight is 710 g/mol. The minimum atomic E-state index is -4.80. The first-order chi connectivity index (χ1) is 21.5. The van der Waals surface area contributed by atoms with Crippen LogP contribution in [0.2, 0.25) is 0 Å². The summed E-state index contributed by atoms with van der Waals surface area (Å²) in [5.41, 5.74) is 6.51. The molecule has 252 valence electrons. The number of rotatable bonds is 6. The van der Waals surface area contributed by atoms with Gasteiger partial charge in [-0.1, -0.05) is 36.4 Å². The number of benzene rings is 4. The lowest BCUT2D eigenvalue weighted by molar-refractivity contribution is -0.391. The van der Waals surface area contributed by atoms with E-state index < -0.39 is 55.9 Å². The van der Waals surface area contributed by atoms with Crippen molar-refractivity contribution in [1.82, 2.24) is 0 Å². The molecule has 0 spiro atoms. The molecule has 0 radical (unpaired) electrons. The fourth-order valence-corrected chi connectivity index (χ4v) is 4.97. The van der Waals surface area contributed by atoms with E-state index >= 15 is 0 Å². The fourth-order valence-electron chi connectivity index (χ4n) is 4.04. The molecular formula is C27H22F7N5O6S2. The van der Waals surface area contributed by atoms with Crippen LogP contribution in [0, 0.1) is 0 Å². The Morgan fingerprint density at radius 2 is 0.957 bits per heavy atom. The van der Waals surface area contributed by atoms with Crippen LogP contribution in [0.1, 0.15) is 5.56 Å². The highest BCUT2D eigenvalue weighted by molar-refractivity contribution is 7.90. The zero-order valence-electron chi connectivity index (χ0n) is 23.2. The van der Waals surface area contributed by atoms with Gasteiger partial charge in [-0.2, -0.15) is 47.6 Å². The van der Waals surface area contributed by atoms with E-state index in [0.717, 1.165) is 18.2 Å². The molecule has 0 amide bonds. The van der Waals surface area contributed by atoms with Crippen molar-refractivity contribution in [3.8, 4) is 33.8 Å². The molecule has 47 heavy (non-hydrogen) atoms. The van der Waals surface area contributed by atoms with Crippen LogP contribution in [0.25, 0.3) is 22.3 Å². The number of nitrogens with one attached hydrogen (secondary N) is 2. The summed E-state index contributed by atoms with van der Waals surface area (Å²) in [5.74, 6) is -1.06. The maximum Gasteiger partial charge on any atom is 0.507 e. The van der Waals surface area contributed by atoms with Crippen molar-refractivity contribution >= 4 is 37.5 Å². The van der Waals surface area contributed by atoms with E-state index in [4.69, 9.17) is 16.0 Å². The van der Waals surface area contributed by atoms with Crippen LogP contribution < -0.4 is 34.9 Å². The van der Waals surface area contributed by atoms with Gasteiger partial charge in [-0.25, -0.2) is 10.3 Å². The molecule has 0 unspecified atom stereocenters. The lowest BCUT2D eigenvalue weighted by Gasteiger charge is -2.32. The van der Waals surface area contributed by atoms with Gasteiger partial charge in [-0.05, 0) is 70.8 Å². The first kappa shape index (κ1) is 35.1. The number of halogens is 7. The minimum absolute atomic E-state index is 0.190. The molecular weight excluding hydrogens is 687 g/mol. The predicted octanol–water partition coefficient (Wildman–Crippen LogP) is 5.50. The monoisotopic (exact) mass is 709 g/mol. The Labute approximate surface area is 262 Å². The Bertz CT molecular complexity index is 1990. The lowest BCUT2D eigenvalue weighted by atomic mass is 10.0. The van der Waals surface area contributed by atoms with Gasteiger partial charge in [0, 0.05) is 17.1 Å². The first-order valence-corrected chi connectivity index (χ1v) is 15.7. The topological polar surface area (TPSA) is 189 Å². The van der Waals surface area contributed by atoms with E-state index in [1.807, 2.05) is 0 Å². The van der Waals surface area contributed by atoms with E-state index in [-0.39, 0.29) is 17.1 Å². The number of fused-ring (bicyclic) bond motifs is 1. The van der Waals surface area contributed by atoms with Crippen LogP contribution in [0.3, 0.4) is 0 Å². The van der Waals surface area contributed by atoms with Gasteiger partial charge in [0.1, 0.15) is 0 Å². The Balaban J connectivity index is 0.000000215. The van der Waals surface area contributed by atoms with Crippen LogP contribution in [0.5, 0.6) is 11.5 Å². The van der Waals surface area contributed by atoms with Crippen molar-refractivity contribution < 1.29 is 57.0 Å². The number of anilines is 3. The molecule has 0 atom stereocenters. The summed E-state index contributed by atoms with van der Waals surface area (Å²) in [4.78, 5) is 0. The molecule has 0 saturated carbocycles. The van der Waals surface area contributed by atoms with Crippen LogP contribution in [0.15, 0.2) is 84.9 Å². The van der Waals surface area contributed by atoms with Gasteiger partial charge in [-0.15, -0.1) is 0 Å². The SMILES string of the molecule is NS(=O)(=O)Nc1ccc(-c2ccc3c(c2)OC(F)(F)C(F)(F)O3)cc1.Nc1cc(-c2ccc(NS(N)(=O)=O)cc2)ccc1C(F)(F)F. The van der Waals surface area contributed by atoms with Crippen LogP contribution in [-0.4, -0.2) is 29.1 Å². The Morgan fingerprint density at radius 3 is 1.36 bits per heavy atom. The van der Waals surface area contributed by atoms with Crippen LogP contribution in [-0.2, 0) is 26.6 Å². The number of hydrogen-bond acceptors (Lipinski definition) is 7. The standard InChI is InChI=1S/C14H10F4N2O4S.C13H12F3N3O2S/c15-13(16)14(17,18)24-12-7-9(3-6-11(12)23-13)8-1-4-10(5-2-8)20-25(19,21)22;14-13(15,16)11-6-3-9(7-12(11)17)8-1-4-10(5-2-8)19-22(18,20)21/h1-7,20H,(H2,19,21,22);1-7,19H,17H2,(H2,18,20,21). The summed E-state index contributed by atoms with van der Waals surface area (Å²) in [6.07, 6.45) is -14.1. The van der Waals surface area contributed by atoms with Crippen molar-refractivity contribution in [2.75, 3.05) is 15.2 Å². The highest BCUT2D eigenvalue weighted by Crippen LogP contribution is 2.48. The summed E-state index contributed by atoms with van der Waals surface area (Å²) in [5, 5.41) is 9.67. The highest BCUT2D eigenvalue weighted by Gasteiger charge is 2.65. The molecule has 0 saturated heterocycles. The molecule has 11 nitrogen and oxygen atoms in total. The maximum absolute atomic E-state index is 13.2. The van der Waals surface area contributed by atoms with E-state index in [0.29, 0.717) is 22.3 Å². The summed E-state index contributed by atoms with van der Waals surface area (Å²) >= 11 is 0. The van der Waals surface area contributed by atoms with Gasteiger partial charge in [0.05, 0.1) is 5.56 Å². The van der Waals surface area contributed by atoms with Crippen molar-refractivity contribution in [2.24, 2.45) is 10.3 Å². The fraction of sp³-hybridized carbons (Fsp3) is 0.111. The zero-order valence-corrected chi connectivity index (χ0v) is 24.9. The van der Waals surface area contributed by atoms with Crippen LogP contribution >= 0.6 is 0 Å². The minimum Gasteiger partial charge on any atom is -0.421 e. The van der Waals surface area contributed by atoms with Gasteiger partial charge in [0.25, 0.3) is 20.4 Å². The Morgan fingerprint density at radius 1 is 0.574 bits per heavy atom. The largest absolute Gasteiger partial charge is 0.507 e. The van der Waals surface area contributed by atoms with E-state index in [1.165, 1.54) is 66.7 Å². The van der Waals surface area contributed by atoms with Crippen LogP contribution in [0.4, 0.5) is 47.8 Å². The molecule has 5 rings (SSSR count). The second-order valence-electron chi connectivity index (χ2n) is 9.65. The quantitative estimate of drug-likeness (QED) is 0.129. The summed E-state index contributed by atoms with van der Waals surface area (Å²) in [6, 6.07) is 18.6. The van der Waals surface area contributed by atoms with Gasteiger partial charge in [0.15, 0.2) is 11.5 Å². The predicted molar refractivity (Wildman–Crippen MR) is 158 cm³/mol. The maximum atomic E-state index is 13.2. The number of nitrogens with two attached hydrogens (primary N) is 3. The molecule has 20 heteroatoms. The Hall–Kier alpha value is -4.79. The lowest BCUT2D eigenvalue weighted by Crippen LogP contribution is -2.52. The third-order valence-corrected chi connectivity index (χ3v) is 7.11. The zero-order chi connectivity index (χ0) is 35.0. The normalized spacial score (nSPS) is 15.2. The molecule has 0 fully saturated rings. The highest BCUT2D eigenvalue weighted by atomic mass is 32.2. The first-order valence-electron chi connectivity index (χ1n) is 12.6. The second kappa shape index (κ2) is 12.4. The molecule has 0 bridgehead atoms.